The Morgan fingerprint density at radius 2 is 1.76 bits per heavy atom. The second-order valence-corrected chi connectivity index (χ2v) is 8.31. The largest absolute Gasteiger partial charge is 0.479 e. The highest BCUT2D eigenvalue weighted by atomic mass is 16.5. The number of aromatic nitrogens is 1. The predicted molar refractivity (Wildman–Crippen MR) is 117 cm³/mol. The molecule has 1 atom stereocenters. The van der Waals surface area contributed by atoms with Crippen LogP contribution in [-0.4, -0.2) is 28.7 Å². The van der Waals surface area contributed by atoms with E-state index in [4.69, 9.17) is 4.74 Å². The van der Waals surface area contributed by atoms with Gasteiger partial charge in [-0.2, -0.15) is 0 Å². The molecule has 3 rings (SSSR count). The average Bonchev–Trinajstić information content (AvgIpc) is 2.64. The lowest BCUT2D eigenvalue weighted by molar-refractivity contribution is -0.160. The molecule has 2 aromatic carbocycles. The van der Waals surface area contributed by atoms with E-state index in [0.717, 1.165) is 39.0 Å². The van der Waals surface area contributed by atoms with Gasteiger partial charge in [-0.15, -0.1) is 0 Å². The van der Waals surface area contributed by atoms with E-state index in [1.807, 2.05) is 84.1 Å². The molecule has 0 amide bonds. The summed E-state index contributed by atoms with van der Waals surface area (Å²) in [4.78, 5) is 16.9. The van der Waals surface area contributed by atoms with Crippen LogP contribution in [0.4, 0.5) is 5.82 Å². The summed E-state index contributed by atoms with van der Waals surface area (Å²) >= 11 is 0. The molecule has 152 valence electrons. The number of carbonyl (C=O) groups is 1. The first-order chi connectivity index (χ1) is 13.6. The van der Waals surface area contributed by atoms with E-state index in [2.05, 4.69) is 10.3 Å². The Kier molecular flexibility index (Phi) is 5.62. The fraction of sp³-hybridized carbons (Fsp3) is 0.333. The van der Waals surface area contributed by atoms with Gasteiger partial charge in [-0.1, -0.05) is 29.8 Å². The number of nitrogens with one attached hydrogen (secondary N) is 1. The lowest BCUT2D eigenvalue weighted by Crippen LogP contribution is -2.28. The number of fused-ring (bicyclic) bond motifs is 1. The molecule has 0 fully saturated rings. The highest BCUT2D eigenvalue weighted by Gasteiger charge is 2.31. The van der Waals surface area contributed by atoms with Crippen LogP contribution in [0.25, 0.3) is 22.0 Å². The van der Waals surface area contributed by atoms with E-state index in [9.17, 15) is 9.90 Å². The van der Waals surface area contributed by atoms with Crippen molar-refractivity contribution in [1.29, 1.82) is 0 Å². The number of carboxylic acids is 1. The van der Waals surface area contributed by atoms with Crippen molar-refractivity contribution in [1.82, 2.24) is 4.98 Å². The zero-order valence-corrected chi connectivity index (χ0v) is 17.8. The maximum atomic E-state index is 12.3. The third-order valence-corrected chi connectivity index (χ3v) is 4.80. The number of aliphatic carboxylic acids is 1. The second kappa shape index (κ2) is 7.84. The Bertz CT molecular complexity index is 1050. The van der Waals surface area contributed by atoms with Crippen LogP contribution < -0.4 is 5.32 Å². The Morgan fingerprint density at radius 1 is 1.10 bits per heavy atom. The number of ether oxygens (including phenoxy) is 1. The molecule has 0 aliphatic rings. The number of rotatable bonds is 5. The minimum absolute atomic E-state index is 0.608. The summed E-state index contributed by atoms with van der Waals surface area (Å²) in [5.74, 6) is -0.240. The molecule has 0 aliphatic carbocycles. The molecule has 3 aromatic rings. The molecule has 29 heavy (non-hydrogen) atoms. The van der Waals surface area contributed by atoms with E-state index in [0.29, 0.717) is 5.56 Å². The Hall–Kier alpha value is -2.92. The van der Waals surface area contributed by atoms with Crippen molar-refractivity contribution in [3.8, 4) is 11.1 Å². The number of nitrogens with zero attached hydrogens (tertiary/aromatic N) is 1. The number of carboxylic acid groups (broad SMARTS) is 1. The molecule has 0 saturated heterocycles. The molecule has 2 N–H and O–H groups in total. The van der Waals surface area contributed by atoms with Gasteiger partial charge in [-0.25, -0.2) is 9.78 Å². The van der Waals surface area contributed by atoms with E-state index in [-0.39, 0.29) is 0 Å². The minimum Gasteiger partial charge on any atom is -0.479 e. The highest BCUT2D eigenvalue weighted by molar-refractivity contribution is 5.99. The van der Waals surface area contributed by atoms with Gasteiger partial charge in [0.25, 0.3) is 0 Å². The summed E-state index contributed by atoms with van der Waals surface area (Å²) in [6, 6.07) is 13.9. The quantitative estimate of drug-likeness (QED) is 0.600. The molecular formula is C24H28N2O3. The van der Waals surface area contributed by atoms with Crippen molar-refractivity contribution in [3.63, 3.8) is 0 Å². The highest BCUT2D eigenvalue weighted by Crippen LogP contribution is 2.40. The van der Waals surface area contributed by atoms with Crippen molar-refractivity contribution >= 4 is 22.7 Å². The van der Waals surface area contributed by atoms with Crippen molar-refractivity contribution in [2.75, 3.05) is 12.4 Å². The zero-order chi connectivity index (χ0) is 21.3. The van der Waals surface area contributed by atoms with Gasteiger partial charge in [0.1, 0.15) is 5.82 Å². The fourth-order valence-electron chi connectivity index (χ4n) is 3.52. The number of hydrogen-bond acceptors (Lipinski definition) is 4. The molecule has 0 aliphatic heterocycles. The molecule has 0 bridgehead atoms. The van der Waals surface area contributed by atoms with Crippen LogP contribution in [0.1, 0.15) is 43.6 Å². The molecule has 0 spiro atoms. The van der Waals surface area contributed by atoms with E-state index in [1.54, 1.807) is 0 Å². The Morgan fingerprint density at radius 3 is 2.31 bits per heavy atom. The lowest BCUT2D eigenvalue weighted by atomic mass is 9.88. The van der Waals surface area contributed by atoms with Gasteiger partial charge in [0.15, 0.2) is 6.10 Å². The van der Waals surface area contributed by atoms with Crippen molar-refractivity contribution in [2.24, 2.45) is 0 Å². The Labute approximate surface area is 171 Å². The maximum Gasteiger partial charge on any atom is 0.337 e. The number of aryl methyl sites for hydroxylation is 2. The summed E-state index contributed by atoms with van der Waals surface area (Å²) in [5.41, 5.74) is 4.66. The minimum atomic E-state index is -1.08. The predicted octanol–water partition coefficient (Wildman–Crippen LogP) is 5.50. The topological polar surface area (TPSA) is 71.5 Å². The first-order valence-corrected chi connectivity index (χ1v) is 9.70. The third kappa shape index (κ3) is 4.40. The lowest BCUT2D eigenvalue weighted by Gasteiger charge is -2.28. The van der Waals surface area contributed by atoms with Gasteiger partial charge in [-0.05, 0) is 69.5 Å². The van der Waals surface area contributed by atoms with E-state index < -0.39 is 17.7 Å². The maximum absolute atomic E-state index is 12.3. The zero-order valence-electron chi connectivity index (χ0n) is 17.8. The van der Waals surface area contributed by atoms with Crippen molar-refractivity contribution in [2.45, 2.75) is 46.3 Å². The first kappa shape index (κ1) is 20.8. The van der Waals surface area contributed by atoms with E-state index in [1.165, 1.54) is 0 Å². The first-order valence-electron chi connectivity index (χ1n) is 9.70. The van der Waals surface area contributed by atoms with Gasteiger partial charge >= 0.3 is 5.97 Å². The summed E-state index contributed by atoms with van der Waals surface area (Å²) in [5, 5.41) is 14.0. The molecule has 5 heteroatoms. The van der Waals surface area contributed by atoms with Gasteiger partial charge in [-0.3, -0.25) is 0 Å². The van der Waals surface area contributed by atoms with Crippen LogP contribution in [0, 0.1) is 13.8 Å². The van der Waals surface area contributed by atoms with Gasteiger partial charge < -0.3 is 15.2 Å². The molecule has 1 aromatic heterocycles. The molecule has 0 radical (unpaired) electrons. The SMILES string of the molecule is CNc1ccc2c(-c3ccc(C)cc3)c([C@H](OC(C)(C)C)C(=O)O)c(C)cc2n1. The number of benzene rings is 2. The van der Waals surface area contributed by atoms with Gasteiger partial charge in [0.05, 0.1) is 11.1 Å². The molecule has 1 heterocycles. The van der Waals surface area contributed by atoms with Crippen LogP contribution in [-0.2, 0) is 9.53 Å². The molecule has 0 saturated carbocycles. The van der Waals surface area contributed by atoms with Crippen molar-refractivity contribution < 1.29 is 14.6 Å². The normalized spacial score (nSPS) is 12.8. The van der Waals surface area contributed by atoms with Crippen LogP contribution >= 0.6 is 0 Å². The smallest absolute Gasteiger partial charge is 0.337 e. The third-order valence-electron chi connectivity index (χ3n) is 4.80. The van der Waals surface area contributed by atoms with E-state index >= 15 is 0 Å². The summed E-state index contributed by atoms with van der Waals surface area (Å²) < 4.78 is 6.01. The molecular weight excluding hydrogens is 364 g/mol. The summed E-state index contributed by atoms with van der Waals surface area (Å²) in [6.07, 6.45) is -1.08. The van der Waals surface area contributed by atoms with Crippen molar-refractivity contribution in [3.05, 3.63) is 59.2 Å². The Balaban J connectivity index is 2.38. The number of pyridine rings is 1. The molecule has 0 unspecified atom stereocenters. The second-order valence-electron chi connectivity index (χ2n) is 8.31. The average molecular weight is 392 g/mol. The standard InChI is InChI=1S/C24H28N2O3/c1-14-7-9-16(10-8-14)21-17-11-12-19(25-6)26-18(17)13-15(2)20(21)22(23(27)28)29-24(3,4)5/h7-13,22H,1-6H3,(H,25,26)(H,27,28)/t22-/m0/s1. The number of anilines is 1. The van der Waals surface area contributed by atoms with Crippen LogP contribution in [0.2, 0.25) is 0 Å². The van der Waals surface area contributed by atoms with Gasteiger partial charge in [0, 0.05) is 18.0 Å². The monoisotopic (exact) mass is 392 g/mol. The summed E-state index contributed by atoms with van der Waals surface area (Å²) in [6.45, 7) is 9.55. The van der Waals surface area contributed by atoms with Crippen LogP contribution in [0.5, 0.6) is 0 Å². The van der Waals surface area contributed by atoms with Crippen LogP contribution in [0.3, 0.4) is 0 Å². The fourth-order valence-corrected chi connectivity index (χ4v) is 3.52. The van der Waals surface area contributed by atoms with Crippen LogP contribution in [0.15, 0.2) is 42.5 Å². The molecule has 5 nitrogen and oxygen atoms in total. The summed E-state index contributed by atoms with van der Waals surface area (Å²) in [7, 11) is 1.83. The van der Waals surface area contributed by atoms with Gasteiger partial charge in [0.2, 0.25) is 0 Å². The number of hydrogen-bond donors (Lipinski definition) is 2.